The molecule has 0 aliphatic carbocycles. The maximum absolute atomic E-state index is 11.8. The van der Waals surface area contributed by atoms with Crippen LogP contribution in [0.1, 0.15) is 0 Å². The van der Waals surface area contributed by atoms with Gasteiger partial charge in [0.25, 0.3) is 0 Å². The second kappa shape index (κ2) is 7.38. The molecule has 0 saturated heterocycles. The third-order valence-electron chi connectivity index (χ3n) is 2.86. The van der Waals surface area contributed by atoms with Gasteiger partial charge in [0, 0.05) is 10.9 Å². The highest BCUT2D eigenvalue weighted by molar-refractivity contribution is 7.92. The van der Waals surface area contributed by atoms with Crippen LogP contribution in [0.15, 0.2) is 42.3 Å². The van der Waals surface area contributed by atoms with E-state index in [0.717, 1.165) is 11.3 Å². The average molecular weight is 352 g/mol. The van der Waals surface area contributed by atoms with Crippen molar-refractivity contribution in [1.82, 2.24) is 4.98 Å². The SMILES string of the molecule is C=CCS(=O)(=O)CC(=O)Nc1nc(-c2ccc(OC)cc2)cs1. The standard InChI is InChI=1S/C15H16N2O4S2/c1-3-8-23(19,20)10-14(18)17-15-16-13(9-22-15)11-4-6-12(21-2)7-5-11/h3-7,9H,1,8,10H2,2H3,(H,16,17,18). The highest BCUT2D eigenvalue weighted by Gasteiger charge is 2.16. The number of rotatable bonds is 7. The van der Waals surface area contributed by atoms with Crippen LogP contribution in [0, 0.1) is 0 Å². The van der Waals surface area contributed by atoms with Gasteiger partial charge in [0.15, 0.2) is 15.0 Å². The van der Waals surface area contributed by atoms with E-state index in [4.69, 9.17) is 4.74 Å². The molecular formula is C15H16N2O4S2. The molecule has 1 aromatic heterocycles. The number of amides is 1. The molecule has 0 radical (unpaired) electrons. The summed E-state index contributed by atoms with van der Waals surface area (Å²) in [4.78, 5) is 16.0. The number of nitrogens with zero attached hydrogens (tertiary/aromatic N) is 1. The number of ether oxygens (including phenoxy) is 1. The number of sulfone groups is 1. The van der Waals surface area contributed by atoms with Gasteiger partial charge in [-0.1, -0.05) is 6.08 Å². The number of methoxy groups -OCH3 is 1. The Hall–Kier alpha value is -2.19. The number of aromatic nitrogens is 1. The van der Waals surface area contributed by atoms with Gasteiger partial charge in [0.1, 0.15) is 11.5 Å². The Kier molecular flexibility index (Phi) is 5.51. The molecule has 1 amide bonds. The zero-order valence-electron chi connectivity index (χ0n) is 12.5. The highest BCUT2D eigenvalue weighted by atomic mass is 32.2. The number of hydrogen-bond donors (Lipinski definition) is 1. The van der Waals surface area contributed by atoms with Gasteiger partial charge in [0.05, 0.1) is 18.6 Å². The first-order chi connectivity index (χ1) is 10.9. The van der Waals surface area contributed by atoms with Gasteiger partial charge in [-0.05, 0) is 24.3 Å². The summed E-state index contributed by atoms with van der Waals surface area (Å²) in [6.07, 6.45) is 1.26. The number of anilines is 1. The Labute approximate surface area is 138 Å². The number of hydrogen-bond acceptors (Lipinski definition) is 6. The lowest BCUT2D eigenvalue weighted by Crippen LogP contribution is -2.24. The molecule has 0 saturated carbocycles. The van der Waals surface area contributed by atoms with Crippen LogP contribution in [-0.4, -0.2) is 37.9 Å². The van der Waals surface area contributed by atoms with Crippen LogP contribution < -0.4 is 10.1 Å². The van der Waals surface area contributed by atoms with E-state index in [1.54, 1.807) is 12.5 Å². The summed E-state index contributed by atoms with van der Waals surface area (Å²) in [7, 11) is -1.88. The number of nitrogens with one attached hydrogen (secondary N) is 1. The molecule has 0 atom stereocenters. The van der Waals surface area contributed by atoms with E-state index in [0.29, 0.717) is 10.8 Å². The first-order valence-corrected chi connectivity index (χ1v) is 9.35. The molecule has 2 rings (SSSR count). The van der Waals surface area contributed by atoms with Crippen molar-refractivity contribution in [3.63, 3.8) is 0 Å². The number of benzene rings is 1. The van der Waals surface area contributed by atoms with Gasteiger partial charge in [-0.2, -0.15) is 0 Å². The Morgan fingerprint density at radius 2 is 2.09 bits per heavy atom. The van der Waals surface area contributed by atoms with Crippen molar-refractivity contribution in [3.8, 4) is 17.0 Å². The van der Waals surface area contributed by atoms with Crippen molar-refractivity contribution in [1.29, 1.82) is 0 Å². The molecule has 2 aromatic rings. The zero-order valence-corrected chi connectivity index (χ0v) is 14.1. The third kappa shape index (κ3) is 4.90. The molecule has 1 aromatic carbocycles. The van der Waals surface area contributed by atoms with Crippen LogP contribution in [0.3, 0.4) is 0 Å². The van der Waals surface area contributed by atoms with Crippen molar-refractivity contribution in [2.45, 2.75) is 0 Å². The van der Waals surface area contributed by atoms with Crippen molar-refractivity contribution in [2.24, 2.45) is 0 Å². The number of carbonyl (C=O) groups is 1. The van der Waals surface area contributed by atoms with Crippen molar-refractivity contribution in [3.05, 3.63) is 42.3 Å². The van der Waals surface area contributed by atoms with Crippen LogP contribution in [0.25, 0.3) is 11.3 Å². The number of thiazole rings is 1. The molecule has 8 heteroatoms. The maximum atomic E-state index is 11.8. The van der Waals surface area contributed by atoms with Gasteiger partial charge >= 0.3 is 0 Å². The first-order valence-electron chi connectivity index (χ1n) is 6.64. The molecular weight excluding hydrogens is 336 g/mol. The molecule has 0 spiro atoms. The van der Waals surface area contributed by atoms with E-state index in [9.17, 15) is 13.2 Å². The van der Waals surface area contributed by atoms with Crippen LogP contribution in [0.5, 0.6) is 5.75 Å². The fourth-order valence-electron chi connectivity index (χ4n) is 1.82. The molecule has 0 aliphatic heterocycles. The van der Waals surface area contributed by atoms with Gasteiger partial charge in [-0.3, -0.25) is 4.79 Å². The fraction of sp³-hybridized carbons (Fsp3) is 0.200. The molecule has 1 heterocycles. The van der Waals surface area contributed by atoms with Gasteiger partial charge < -0.3 is 10.1 Å². The lowest BCUT2D eigenvalue weighted by atomic mass is 10.2. The van der Waals surface area contributed by atoms with Crippen LogP contribution in [0.4, 0.5) is 5.13 Å². The topological polar surface area (TPSA) is 85.4 Å². The summed E-state index contributed by atoms with van der Waals surface area (Å²) in [5, 5.41) is 4.64. The highest BCUT2D eigenvalue weighted by Crippen LogP contribution is 2.26. The zero-order chi connectivity index (χ0) is 16.9. The molecule has 0 bridgehead atoms. The smallest absolute Gasteiger partial charge is 0.241 e. The largest absolute Gasteiger partial charge is 0.497 e. The molecule has 122 valence electrons. The number of carbonyl (C=O) groups excluding carboxylic acids is 1. The van der Waals surface area contributed by atoms with Crippen molar-refractivity contribution < 1.29 is 17.9 Å². The van der Waals surface area contributed by atoms with E-state index in [2.05, 4.69) is 16.9 Å². The second-order valence-corrected chi connectivity index (χ2v) is 7.63. The molecule has 0 unspecified atom stereocenters. The first kappa shape index (κ1) is 17.2. The van der Waals surface area contributed by atoms with Crippen molar-refractivity contribution in [2.75, 3.05) is 23.9 Å². The van der Waals surface area contributed by atoms with Gasteiger partial charge in [0.2, 0.25) is 5.91 Å². The summed E-state index contributed by atoms with van der Waals surface area (Å²) in [6, 6.07) is 7.34. The second-order valence-electron chi connectivity index (χ2n) is 4.66. The van der Waals surface area contributed by atoms with Crippen LogP contribution in [0.2, 0.25) is 0 Å². The fourth-order valence-corrected chi connectivity index (χ4v) is 3.50. The Morgan fingerprint density at radius 3 is 2.70 bits per heavy atom. The molecule has 6 nitrogen and oxygen atoms in total. The molecule has 1 N–H and O–H groups in total. The summed E-state index contributed by atoms with van der Waals surface area (Å²) >= 11 is 1.23. The monoisotopic (exact) mass is 352 g/mol. The molecule has 0 aliphatic rings. The van der Waals surface area contributed by atoms with Crippen LogP contribution >= 0.6 is 11.3 Å². The summed E-state index contributed by atoms with van der Waals surface area (Å²) < 4.78 is 28.2. The normalized spacial score (nSPS) is 11.0. The Balaban J connectivity index is 2.04. The van der Waals surface area contributed by atoms with E-state index >= 15 is 0 Å². The van der Waals surface area contributed by atoms with E-state index in [1.807, 2.05) is 24.3 Å². The molecule has 23 heavy (non-hydrogen) atoms. The predicted molar refractivity (Wildman–Crippen MR) is 91.6 cm³/mol. The quantitative estimate of drug-likeness (QED) is 0.773. The maximum Gasteiger partial charge on any atom is 0.241 e. The summed E-state index contributed by atoms with van der Waals surface area (Å²) in [5.41, 5.74) is 1.57. The van der Waals surface area contributed by atoms with Crippen LogP contribution in [-0.2, 0) is 14.6 Å². The van der Waals surface area contributed by atoms with E-state index in [1.165, 1.54) is 17.4 Å². The van der Waals surface area contributed by atoms with Gasteiger partial charge in [-0.15, -0.1) is 17.9 Å². The average Bonchev–Trinajstić information content (AvgIpc) is 2.94. The minimum absolute atomic E-state index is 0.227. The minimum atomic E-state index is -3.47. The Bertz CT molecular complexity index is 795. The van der Waals surface area contributed by atoms with E-state index in [-0.39, 0.29) is 5.75 Å². The lowest BCUT2D eigenvalue weighted by Gasteiger charge is -2.02. The summed E-state index contributed by atoms with van der Waals surface area (Å²) in [6.45, 7) is 3.36. The predicted octanol–water partition coefficient (Wildman–Crippen LogP) is 2.36. The van der Waals surface area contributed by atoms with Gasteiger partial charge in [-0.25, -0.2) is 13.4 Å². The summed E-state index contributed by atoms with van der Waals surface area (Å²) in [5.74, 6) is -0.682. The van der Waals surface area contributed by atoms with E-state index < -0.39 is 21.5 Å². The third-order valence-corrected chi connectivity index (χ3v) is 5.06. The van der Waals surface area contributed by atoms with Crippen molar-refractivity contribution >= 4 is 32.2 Å². The Morgan fingerprint density at radius 1 is 1.39 bits per heavy atom. The lowest BCUT2D eigenvalue weighted by molar-refractivity contribution is -0.113. The minimum Gasteiger partial charge on any atom is -0.497 e. The molecule has 0 fully saturated rings.